The highest BCUT2D eigenvalue weighted by molar-refractivity contribution is 6.00. The van der Waals surface area contributed by atoms with Gasteiger partial charge in [0.1, 0.15) is 29.1 Å². The first-order chi connectivity index (χ1) is 16.0. The van der Waals surface area contributed by atoms with Gasteiger partial charge in [0, 0.05) is 37.2 Å². The molecule has 3 fully saturated rings. The SMILES string of the molecule is CNc1cc(Nc2cccn([C@H]3[C@@H]4COC[C@@H]43)c2=O)nc2c(C(=O)N[C@@H]3CC[C@H]3F)cnn12. The van der Waals surface area contributed by atoms with E-state index < -0.39 is 18.1 Å². The monoisotopic (exact) mass is 453 g/mol. The van der Waals surface area contributed by atoms with E-state index in [0.717, 1.165) is 0 Å². The Bertz CT molecular complexity index is 1290. The predicted molar refractivity (Wildman–Crippen MR) is 119 cm³/mol. The Balaban J connectivity index is 1.31. The van der Waals surface area contributed by atoms with Crippen LogP contribution in [0.3, 0.4) is 0 Å². The largest absolute Gasteiger partial charge is 0.381 e. The van der Waals surface area contributed by atoms with E-state index in [0.29, 0.717) is 60.9 Å². The van der Waals surface area contributed by atoms with Crippen molar-refractivity contribution in [2.24, 2.45) is 11.8 Å². The van der Waals surface area contributed by atoms with Gasteiger partial charge >= 0.3 is 0 Å². The first kappa shape index (κ1) is 20.2. The Morgan fingerprint density at radius 1 is 1.27 bits per heavy atom. The van der Waals surface area contributed by atoms with E-state index in [-0.39, 0.29) is 17.2 Å². The molecule has 4 heterocycles. The number of fused-ring (bicyclic) bond motifs is 2. The molecule has 10 nitrogen and oxygen atoms in total. The standard InChI is InChI=1S/C22H24FN7O3/c1-24-18-7-17(26-16-3-2-6-29(22(16)32)19-12-9-33-10-13(12)19)28-20-11(8-25-30(18)20)21(31)27-15-5-4-14(15)23/h2-3,6-8,12-15,19,24H,4-5,9-10H2,1H3,(H,26,28)(H,27,31)/t12-,13+,14-,15-,19+/m1/s1. The summed E-state index contributed by atoms with van der Waals surface area (Å²) in [6.07, 6.45) is 3.27. The summed E-state index contributed by atoms with van der Waals surface area (Å²) >= 11 is 0. The van der Waals surface area contributed by atoms with Gasteiger partial charge in [0.15, 0.2) is 5.65 Å². The van der Waals surface area contributed by atoms with Crippen LogP contribution in [0.4, 0.5) is 21.7 Å². The van der Waals surface area contributed by atoms with E-state index in [9.17, 15) is 14.0 Å². The summed E-state index contributed by atoms with van der Waals surface area (Å²) in [6.45, 7) is 1.39. The first-order valence-corrected chi connectivity index (χ1v) is 11.1. The number of amides is 1. The number of carbonyl (C=O) groups is 1. The molecular formula is C22H24FN7O3. The zero-order chi connectivity index (χ0) is 22.7. The summed E-state index contributed by atoms with van der Waals surface area (Å²) in [6, 6.07) is 4.95. The van der Waals surface area contributed by atoms with Gasteiger partial charge in [0.2, 0.25) is 0 Å². The molecule has 1 amide bonds. The van der Waals surface area contributed by atoms with Crippen LogP contribution >= 0.6 is 0 Å². The average molecular weight is 453 g/mol. The van der Waals surface area contributed by atoms with E-state index in [2.05, 4.69) is 26.0 Å². The van der Waals surface area contributed by atoms with Crippen LogP contribution in [0.15, 0.2) is 35.4 Å². The Hall–Kier alpha value is -3.47. The van der Waals surface area contributed by atoms with Crippen molar-refractivity contribution in [2.75, 3.05) is 30.9 Å². The number of alkyl halides is 1. The number of nitrogens with zero attached hydrogens (tertiary/aromatic N) is 4. The van der Waals surface area contributed by atoms with Crippen LogP contribution in [-0.4, -0.2) is 57.5 Å². The van der Waals surface area contributed by atoms with Gasteiger partial charge in [-0.1, -0.05) is 0 Å². The minimum atomic E-state index is -1.02. The van der Waals surface area contributed by atoms with Crippen molar-refractivity contribution in [1.82, 2.24) is 24.5 Å². The molecule has 5 atom stereocenters. The zero-order valence-corrected chi connectivity index (χ0v) is 18.0. The molecule has 33 heavy (non-hydrogen) atoms. The third-order valence-electron chi connectivity index (χ3n) is 6.94. The molecule has 2 aliphatic carbocycles. The highest BCUT2D eigenvalue weighted by Crippen LogP contribution is 2.53. The third kappa shape index (κ3) is 3.26. The normalized spacial score (nSPS) is 27.6. The number of aromatic nitrogens is 4. The molecule has 3 aliphatic rings. The second-order valence-electron chi connectivity index (χ2n) is 8.86. The molecule has 3 aromatic heterocycles. The molecule has 6 rings (SSSR count). The summed E-state index contributed by atoms with van der Waals surface area (Å²) in [5.74, 6) is 1.35. The number of carbonyl (C=O) groups excluding carboxylic acids is 1. The van der Waals surface area contributed by atoms with Gasteiger partial charge in [-0.05, 0) is 25.0 Å². The maximum absolute atomic E-state index is 13.6. The fourth-order valence-corrected chi connectivity index (χ4v) is 4.83. The van der Waals surface area contributed by atoms with Crippen LogP contribution in [0.1, 0.15) is 29.2 Å². The summed E-state index contributed by atoms with van der Waals surface area (Å²) in [5, 5.41) is 13.1. The molecular weight excluding hydrogens is 429 g/mol. The minimum Gasteiger partial charge on any atom is -0.381 e. The first-order valence-electron chi connectivity index (χ1n) is 11.1. The summed E-state index contributed by atoms with van der Waals surface area (Å²) < 4.78 is 22.3. The predicted octanol–water partition coefficient (Wildman–Crippen LogP) is 1.72. The fourth-order valence-electron chi connectivity index (χ4n) is 4.83. The topological polar surface area (TPSA) is 115 Å². The molecule has 0 unspecified atom stereocenters. The van der Waals surface area contributed by atoms with Crippen LogP contribution in [0.5, 0.6) is 0 Å². The quantitative estimate of drug-likeness (QED) is 0.521. The molecule has 0 bridgehead atoms. The lowest BCUT2D eigenvalue weighted by Gasteiger charge is -2.30. The molecule has 0 spiro atoms. The molecule has 3 N–H and O–H groups in total. The third-order valence-corrected chi connectivity index (χ3v) is 6.94. The molecule has 2 saturated carbocycles. The minimum absolute atomic E-state index is 0.130. The van der Waals surface area contributed by atoms with E-state index in [4.69, 9.17) is 4.74 Å². The fraction of sp³-hybridized carbons (Fsp3) is 0.455. The Morgan fingerprint density at radius 3 is 2.79 bits per heavy atom. The summed E-state index contributed by atoms with van der Waals surface area (Å²) in [5.41, 5.74) is 0.810. The van der Waals surface area contributed by atoms with Gasteiger partial charge in [-0.3, -0.25) is 9.59 Å². The molecule has 172 valence electrons. The van der Waals surface area contributed by atoms with Crippen molar-refractivity contribution >= 4 is 28.9 Å². The van der Waals surface area contributed by atoms with E-state index in [1.165, 1.54) is 10.7 Å². The van der Waals surface area contributed by atoms with Gasteiger partial charge in [-0.15, -0.1) is 0 Å². The average Bonchev–Trinajstić information content (AvgIpc) is 3.15. The Morgan fingerprint density at radius 2 is 2.09 bits per heavy atom. The van der Waals surface area contributed by atoms with Crippen molar-refractivity contribution < 1.29 is 13.9 Å². The molecule has 11 heteroatoms. The van der Waals surface area contributed by atoms with Crippen LogP contribution in [0.2, 0.25) is 0 Å². The van der Waals surface area contributed by atoms with Crippen LogP contribution in [-0.2, 0) is 4.74 Å². The van der Waals surface area contributed by atoms with Gasteiger partial charge in [0.25, 0.3) is 11.5 Å². The Labute approximate surface area is 188 Å². The van der Waals surface area contributed by atoms with Crippen LogP contribution < -0.4 is 21.5 Å². The number of ether oxygens (including phenoxy) is 1. The maximum atomic E-state index is 13.6. The van der Waals surface area contributed by atoms with Gasteiger partial charge in [0.05, 0.1) is 25.5 Å². The highest BCUT2D eigenvalue weighted by atomic mass is 19.1. The van der Waals surface area contributed by atoms with Crippen LogP contribution in [0, 0.1) is 11.8 Å². The Kier molecular flexibility index (Phi) is 4.61. The number of rotatable bonds is 6. The van der Waals surface area contributed by atoms with Crippen molar-refractivity contribution in [1.29, 1.82) is 0 Å². The molecule has 3 aromatic rings. The lowest BCUT2D eigenvalue weighted by atomic mass is 9.90. The zero-order valence-electron chi connectivity index (χ0n) is 18.0. The van der Waals surface area contributed by atoms with E-state index in [1.54, 1.807) is 23.7 Å². The molecule has 0 radical (unpaired) electrons. The maximum Gasteiger partial charge on any atom is 0.274 e. The number of halogens is 1. The van der Waals surface area contributed by atoms with E-state index in [1.807, 2.05) is 12.3 Å². The van der Waals surface area contributed by atoms with Crippen molar-refractivity contribution in [3.05, 3.63) is 46.5 Å². The summed E-state index contributed by atoms with van der Waals surface area (Å²) in [4.78, 5) is 30.4. The van der Waals surface area contributed by atoms with E-state index >= 15 is 0 Å². The van der Waals surface area contributed by atoms with Gasteiger partial charge < -0.3 is 25.3 Å². The molecule has 0 aromatic carbocycles. The number of hydrogen-bond donors (Lipinski definition) is 3. The second kappa shape index (κ2) is 7.55. The number of nitrogens with one attached hydrogen (secondary N) is 3. The number of pyridine rings is 1. The molecule has 1 aliphatic heterocycles. The van der Waals surface area contributed by atoms with Crippen molar-refractivity contribution in [3.8, 4) is 0 Å². The van der Waals surface area contributed by atoms with Crippen molar-refractivity contribution in [3.63, 3.8) is 0 Å². The lowest BCUT2D eigenvalue weighted by Crippen LogP contribution is -2.48. The smallest absolute Gasteiger partial charge is 0.274 e. The highest BCUT2D eigenvalue weighted by Gasteiger charge is 2.55. The van der Waals surface area contributed by atoms with Gasteiger partial charge in [-0.25, -0.2) is 9.37 Å². The number of anilines is 3. The second-order valence-corrected chi connectivity index (χ2v) is 8.86. The number of hydrogen-bond acceptors (Lipinski definition) is 7. The van der Waals surface area contributed by atoms with Crippen molar-refractivity contribution in [2.45, 2.75) is 31.1 Å². The lowest BCUT2D eigenvalue weighted by molar-refractivity contribution is 0.0826. The van der Waals surface area contributed by atoms with Crippen LogP contribution in [0.25, 0.3) is 5.65 Å². The molecule has 1 saturated heterocycles. The summed E-state index contributed by atoms with van der Waals surface area (Å²) in [7, 11) is 1.73. The van der Waals surface area contributed by atoms with Gasteiger partial charge in [-0.2, -0.15) is 9.61 Å².